The smallest absolute Gasteiger partial charge is 0.355 e. The van der Waals surface area contributed by atoms with Crippen LogP contribution in [0.1, 0.15) is 36.5 Å². The maximum Gasteiger partial charge on any atom is 0.355 e. The highest BCUT2D eigenvalue weighted by Crippen LogP contribution is 2.22. The van der Waals surface area contributed by atoms with Gasteiger partial charge in [0.25, 0.3) is 5.91 Å². The van der Waals surface area contributed by atoms with Gasteiger partial charge in [0.1, 0.15) is 10.8 Å². The number of aryl methyl sites for hydroxylation is 2. The van der Waals surface area contributed by atoms with E-state index >= 15 is 0 Å². The molecule has 2 rings (SSSR count). The van der Waals surface area contributed by atoms with Gasteiger partial charge in [-0.2, -0.15) is 0 Å². The molecular weight excluding hydrogens is 312 g/mol. The molecule has 0 saturated heterocycles. The van der Waals surface area contributed by atoms with Crippen LogP contribution in [-0.4, -0.2) is 28.2 Å². The second kappa shape index (κ2) is 6.31. The summed E-state index contributed by atoms with van der Waals surface area (Å²) in [5.41, 5.74) is 0.513. The first-order valence-electron chi connectivity index (χ1n) is 6.04. The highest BCUT2D eigenvalue weighted by molar-refractivity contribution is 7.98. The van der Waals surface area contributed by atoms with Gasteiger partial charge in [0.05, 0.1) is 12.1 Å². The first-order valence-corrected chi connectivity index (χ1v) is 8.08. The van der Waals surface area contributed by atoms with Crippen LogP contribution < -0.4 is 5.32 Å². The van der Waals surface area contributed by atoms with E-state index in [1.807, 2.05) is 6.26 Å². The number of hydrogen-bond acceptors (Lipinski definition) is 6. The van der Waals surface area contributed by atoms with E-state index in [9.17, 15) is 9.59 Å². The van der Waals surface area contributed by atoms with Crippen LogP contribution >= 0.6 is 23.1 Å². The highest BCUT2D eigenvalue weighted by atomic mass is 32.2. The van der Waals surface area contributed by atoms with Crippen molar-refractivity contribution in [1.82, 2.24) is 10.3 Å². The molecule has 0 unspecified atom stereocenters. The lowest BCUT2D eigenvalue weighted by Gasteiger charge is -2.01. The summed E-state index contributed by atoms with van der Waals surface area (Å²) in [7, 11) is 0. The number of nitrogens with zero attached hydrogens (tertiary/aromatic N) is 1. The molecule has 0 aliphatic rings. The Morgan fingerprint density at radius 3 is 2.71 bits per heavy atom. The van der Waals surface area contributed by atoms with E-state index in [1.54, 1.807) is 19.9 Å². The zero-order valence-corrected chi connectivity index (χ0v) is 13.4. The number of carboxylic acids is 1. The van der Waals surface area contributed by atoms with Crippen molar-refractivity contribution in [1.29, 1.82) is 0 Å². The van der Waals surface area contributed by atoms with Crippen molar-refractivity contribution in [2.75, 3.05) is 6.26 Å². The number of carbonyl (C=O) groups excluding carboxylic acids is 1. The largest absolute Gasteiger partial charge is 0.476 e. The van der Waals surface area contributed by atoms with E-state index in [2.05, 4.69) is 10.3 Å². The van der Waals surface area contributed by atoms with Gasteiger partial charge in [0, 0.05) is 10.9 Å². The van der Waals surface area contributed by atoms with Gasteiger partial charge in [-0.15, -0.1) is 11.3 Å². The Hall–Kier alpha value is -1.80. The third kappa shape index (κ3) is 3.45. The Kier molecular flexibility index (Phi) is 4.69. The maximum atomic E-state index is 12.1. The van der Waals surface area contributed by atoms with Crippen molar-refractivity contribution in [3.05, 3.63) is 33.0 Å². The predicted molar refractivity (Wildman–Crippen MR) is 80.2 cm³/mol. The normalized spacial score (nSPS) is 10.6. The van der Waals surface area contributed by atoms with Gasteiger partial charge in [0.2, 0.25) is 0 Å². The first kappa shape index (κ1) is 15.6. The van der Waals surface area contributed by atoms with Crippen LogP contribution in [0.15, 0.2) is 15.6 Å². The van der Waals surface area contributed by atoms with Crippen molar-refractivity contribution >= 4 is 35.0 Å². The molecule has 6 nitrogen and oxygen atoms in total. The Bertz CT molecular complexity index is 690. The van der Waals surface area contributed by atoms with Crippen LogP contribution in [0.2, 0.25) is 0 Å². The Morgan fingerprint density at radius 1 is 1.48 bits per heavy atom. The number of carboxylic acid groups (broad SMARTS) is 1. The molecule has 0 atom stereocenters. The van der Waals surface area contributed by atoms with Gasteiger partial charge >= 0.3 is 5.97 Å². The molecule has 0 bridgehead atoms. The Labute approximate surface area is 129 Å². The molecule has 0 spiro atoms. The standard InChI is InChI=1S/C13H14N2O4S2/c1-6-8(4-10(19-6)20-3)12(16)14-5-9-15-11(13(17)18)7(2)21-9/h4H,5H2,1-3H3,(H,14,16)(H,17,18). The van der Waals surface area contributed by atoms with Crippen molar-refractivity contribution in [3.63, 3.8) is 0 Å². The van der Waals surface area contributed by atoms with Gasteiger partial charge in [-0.25, -0.2) is 9.78 Å². The van der Waals surface area contributed by atoms with E-state index in [1.165, 1.54) is 23.1 Å². The lowest BCUT2D eigenvalue weighted by atomic mass is 10.2. The van der Waals surface area contributed by atoms with E-state index < -0.39 is 5.97 Å². The van der Waals surface area contributed by atoms with Crippen LogP contribution in [0.25, 0.3) is 0 Å². The van der Waals surface area contributed by atoms with Crippen molar-refractivity contribution in [2.45, 2.75) is 25.5 Å². The fraction of sp³-hybridized carbons (Fsp3) is 0.308. The molecule has 0 aliphatic heterocycles. The second-order valence-electron chi connectivity index (χ2n) is 4.24. The van der Waals surface area contributed by atoms with Crippen molar-refractivity contribution in [2.24, 2.45) is 0 Å². The third-order valence-electron chi connectivity index (χ3n) is 2.78. The monoisotopic (exact) mass is 326 g/mol. The minimum absolute atomic E-state index is 0.0356. The summed E-state index contributed by atoms with van der Waals surface area (Å²) in [6.07, 6.45) is 1.87. The number of thiazole rings is 1. The summed E-state index contributed by atoms with van der Waals surface area (Å²) in [4.78, 5) is 27.6. The molecule has 0 aliphatic carbocycles. The molecule has 0 aromatic carbocycles. The molecule has 2 heterocycles. The second-order valence-corrected chi connectivity index (χ2v) is 6.34. The maximum absolute atomic E-state index is 12.1. The molecule has 0 radical (unpaired) electrons. The zero-order chi connectivity index (χ0) is 15.6. The molecule has 112 valence electrons. The Morgan fingerprint density at radius 2 is 2.19 bits per heavy atom. The molecule has 0 saturated carbocycles. The molecule has 0 fully saturated rings. The highest BCUT2D eigenvalue weighted by Gasteiger charge is 2.17. The van der Waals surface area contributed by atoms with Gasteiger partial charge in [-0.3, -0.25) is 4.79 Å². The first-order chi connectivity index (χ1) is 9.92. The summed E-state index contributed by atoms with van der Waals surface area (Å²) in [5.74, 6) is -0.767. The summed E-state index contributed by atoms with van der Waals surface area (Å²) in [6, 6.07) is 1.69. The molecule has 21 heavy (non-hydrogen) atoms. The number of rotatable bonds is 5. The van der Waals surface area contributed by atoms with Crippen LogP contribution in [0.5, 0.6) is 0 Å². The number of furan rings is 1. The SMILES string of the molecule is CSc1cc(C(=O)NCc2nc(C(=O)O)c(C)s2)c(C)o1. The number of carbonyl (C=O) groups is 2. The van der Waals surface area contributed by atoms with Gasteiger partial charge in [0.15, 0.2) is 10.8 Å². The van der Waals surface area contributed by atoms with Crippen LogP contribution in [0.3, 0.4) is 0 Å². The predicted octanol–water partition coefficient (Wildman–Crippen LogP) is 2.70. The quantitative estimate of drug-likeness (QED) is 0.821. The van der Waals surface area contributed by atoms with Gasteiger partial charge in [-0.1, -0.05) is 11.8 Å². The molecule has 1 amide bonds. The van der Waals surface area contributed by atoms with E-state index in [4.69, 9.17) is 9.52 Å². The number of hydrogen-bond donors (Lipinski definition) is 2. The average Bonchev–Trinajstić information content (AvgIpc) is 2.99. The number of amides is 1. The lowest BCUT2D eigenvalue weighted by molar-refractivity contribution is 0.0690. The van der Waals surface area contributed by atoms with Crippen LogP contribution in [0.4, 0.5) is 0 Å². The van der Waals surface area contributed by atoms with Crippen molar-refractivity contribution < 1.29 is 19.1 Å². The average molecular weight is 326 g/mol. The number of aromatic nitrogens is 1. The summed E-state index contributed by atoms with van der Waals surface area (Å²) in [6.45, 7) is 3.61. The molecule has 2 N–H and O–H groups in total. The van der Waals surface area contributed by atoms with Crippen LogP contribution in [0, 0.1) is 13.8 Å². The van der Waals surface area contributed by atoms with E-state index in [0.717, 1.165) is 0 Å². The minimum Gasteiger partial charge on any atom is -0.476 e. The molecular formula is C13H14N2O4S2. The fourth-order valence-corrected chi connectivity index (χ4v) is 3.07. The summed E-state index contributed by atoms with van der Waals surface area (Å²) in [5, 5.41) is 12.9. The Balaban J connectivity index is 2.05. The minimum atomic E-state index is -1.06. The van der Waals surface area contributed by atoms with Gasteiger partial charge < -0.3 is 14.8 Å². The number of nitrogens with one attached hydrogen (secondary N) is 1. The topological polar surface area (TPSA) is 92.4 Å². The zero-order valence-electron chi connectivity index (χ0n) is 11.7. The number of thioether (sulfide) groups is 1. The van der Waals surface area contributed by atoms with Crippen molar-refractivity contribution in [3.8, 4) is 0 Å². The molecule has 8 heteroatoms. The summed E-state index contributed by atoms with van der Waals surface area (Å²) < 4.78 is 5.40. The molecule has 2 aromatic rings. The van der Waals surface area contributed by atoms with Crippen LogP contribution in [-0.2, 0) is 6.54 Å². The lowest BCUT2D eigenvalue weighted by Crippen LogP contribution is -2.23. The third-order valence-corrected chi connectivity index (χ3v) is 4.36. The van der Waals surface area contributed by atoms with Gasteiger partial charge in [-0.05, 0) is 20.1 Å². The van der Waals surface area contributed by atoms with E-state index in [0.29, 0.717) is 26.3 Å². The molecule has 2 aromatic heterocycles. The van der Waals surface area contributed by atoms with E-state index in [-0.39, 0.29) is 18.1 Å². The number of aromatic carboxylic acids is 1. The fourth-order valence-electron chi connectivity index (χ4n) is 1.76. The summed E-state index contributed by atoms with van der Waals surface area (Å²) >= 11 is 2.68.